The molecule has 0 fully saturated rings. The number of methoxy groups -OCH3 is 1. The van der Waals surface area contributed by atoms with E-state index in [0.29, 0.717) is 6.61 Å². The number of ether oxygens (including phenoxy) is 1. The summed E-state index contributed by atoms with van der Waals surface area (Å²) in [4.78, 5) is 23.7. The van der Waals surface area contributed by atoms with Crippen molar-refractivity contribution in [1.29, 1.82) is 0 Å². The molecule has 0 atom stereocenters. The SMILES string of the molecule is COCc1ccccc1C#CC#Cc1cc(C(=O)[O-])sc1C(=O)C#CC#CC(C)(C)C.[K+]. The Balaban J connectivity index is 0.00000512. The molecule has 1 aromatic heterocycles. The van der Waals surface area contributed by atoms with Gasteiger partial charge in [-0.15, -0.1) is 11.3 Å². The van der Waals surface area contributed by atoms with Crippen LogP contribution in [0.5, 0.6) is 0 Å². The third-order valence-corrected chi connectivity index (χ3v) is 4.70. The van der Waals surface area contributed by atoms with Crippen molar-refractivity contribution in [2.75, 3.05) is 7.11 Å². The Morgan fingerprint density at radius 3 is 2.31 bits per heavy atom. The zero-order chi connectivity index (χ0) is 22.9. The number of thiophene rings is 1. The molecule has 4 nitrogen and oxygen atoms in total. The van der Waals surface area contributed by atoms with Gasteiger partial charge in [-0.2, -0.15) is 0 Å². The van der Waals surface area contributed by atoms with Gasteiger partial charge in [-0.1, -0.05) is 36.0 Å². The predicted molar refractivity (Wildman–Crippen MR) is 119 cm³/mol. The van der Waals surface area contributed by atoms with Crippen LogP contribution in [0.1, 0.15) is 56.8 Å². The molecule has 0 radical (unpaired) electrons. The largest absolute Gasteiger partial charge is 1.00 e. The van der Waals surface area contributed by atoms with E-state index in [-0.39, 0.29) is 72.1 Å². The Morgan fingerprint density at radius 2 is 1.69 bits per heavy atom. The van der Waals surface area contributed by atoms with Crippen LogP contribution in [0.15, 0.2) is 30.3 Å². The summed E-state index contributed by atoms with van der Waals surface area (Å²) in [5.41, 5.74) is 1.71. The molecule has 154 valence electrons. The molecule has 0 unspecified atom stereocenters. The number of hydrogen-bond acceptors (Lipinski definition) is 5. The summed E-state index contributed by atoms with van der Waals surface area (Å²) < 4.78 is 5.15. The van der Waals surface area contributed by atoms with Gasteiger partial charge in [-0.3, -0.25) is 4.79 Å². The van der Waals surface area contributed by atoms with Gasteiger partial charge in [0.2, 0.25) is 5.78 Å². The van der Waals surface area contributed by atoms with Crippen LogP contribution >= 0.6 is 11.3 Å². The van der Waals surface area contributed by atoms with Crippen LogP contribution in [0.4, 0.5) is 0 Å². The second-order valence-corrected chi connectivity index (χ2v) is 8.36. The number of aromatic carboxylic acids is 1. The van der Waals surface area contributed by atoms with Crippen molar-refractivity contribution in [3.8, 4) is 47.4 Å². The van der Waals surface area contributed by atoms with Crippen molar-refractivity contribution < 1.29 is 70.8 Å². The molecule has 0 saturated heterocycles. The van der Waals surface area contributed by atoms with Crippen molar-refractivity contribution in [1.82, 2.24) is 0 Å². The van der Waals surface area contributed by atoms with Gasteiger partial charge >= 0.3 is 51.4 Å². The normalized spacial score (nSPS) is 9.25. The van der Waals surface area contributed by atoms with E-state index >= 15 is 0 Å². The van der Waals surface area contributed by atoms with Crippen molar-refractivity contribution in [2.24, 2.45) is 5.41 Å². The van der Waals surface area contributed by atoms with Gasteiger partial charge in [0.05, 0.1) is 22.3 Å². The summed E-state index contributed by atoms with van der Waals surface area (Å²) in [6.07, 6.45) is 0. The first kappa shape index (κ1) is 27.9. The number of benzene rings is 1. The fraction of sp³-hybridized carbons (Fsp3) is 0.231. The second-order valence-electron chi connectivity index (χ2n) is 7.31. The molecule has 0 bridgehead atoms. The molecule has 0 saturated carbocycles. The first-order chi connectivity index (χ1) is 14.7. The maximum atomic E-state index is 12.4. The van der Waals surface area contributed by atoms with Crippen LogP contribution in [0.2, 0.25) is 0 Å². The topological polar surface area (TPSA) is 66.4 Å². The third kappa shape index (κ3) is 9.18. The molecule has 0 aliphatic heterocycles. The predicted octanol–water partition coefficient (Wildman–Crippen LogP) is -0.0992. The van der Waals surface area contributed by atoms with Crippen molar-refractivity contribution in [3.63, 3.8) is 0 Å². The maximum absolute atomic E-state index is 12.4. The molecule has 0 amide bonds. The van der Waals surface area contributed by atoms with Crippen LogP contribution in [0.3, 0.4) is 0 Å². The molecule has 2 rings (SSSR count). The molecule has 0 N–H and O–H groups in total. The van der Waals surface area contributed by atoms with Crippen molar-refractivity contribution in [3.05, 3.63) is 56.8 Å². The second kappa shape index (κ2) is 13.4. The molecule has 1 heterocycles. The van der Waals surface area contributed by atoms with E-state index in [4.69, 9.17) is 4.74 Å². The van der Waals surface area contributed by atoms with Gasteiger partial charge in [0.15, 0.2) is 0 Å². The summed E-state index contributed by atoms with van der Waals surface area (Å²) in [6.45, 7) is 6.21. The van der Waals surface area contributed by atoms with E-state index in [2.05, 4.69) is 47.4 Å². The van der Waals surface area contributed by atoms with Gasteiger partial charge in [-0.25, -0.2) is 0 Å². The first-order valence-electron chi connectivity index (χ1n) is 9.23. The third-order valence-electron chi connectivity index (χ3n) is 3.59. The van der Waals surface area contributed by atoms with Crippen LogP contribution in [0.25, 0.3) is 0 Å². The average molecular weight is 467 g/mol. The zero-order valence-corrected chi connectivity index (χ0v) is 22.6. The van der Waals surface area contributed by atoms with E-state index in [1.165, 1.54) is 6.07 Å². The molecule has 6 heteroatoms. The number of carbonyl (C=O) groups excluding carboxylic acids is 2. The first-order valence-corrected chi connectivity index (χ1v) is 10.0. The van der Waals surface area contributed by atoms with E-state index in [1.807, 2.05) is 45.0 Å². The fourth-order valence-electron chi connectivity index (χ4n) is 2.24. The fourth-order valence-corrected chi connectivity index (χ4v) is 3.08. The van der Waals surface area contributed by atoms with Gasteiger partial charge in [-0.05, 0) is 68.1 Å². The number of carboxylic acid groups (broad SMARTS) is 1. The molecule has 2 aromatic rings. The molecular weight excluding hydrogens is 447 g/mol. The Kier molecular flexibility index (Phi) is 11.7. The summed E-state index contributed by atoms with van der Waals surface area (Å²) in [5, 5.41) is 11.2. The van der Waals surface area contributed by atoms with Gasteiger partial charge in [0.25, 0.3) is 0 Å². The maximum Gasteiger partial charge on any atom is 1.00 e. The number of ketones is 1. The smallest absolute Gasteiger partial charge is 0.544 e. The van der Waals surface area contributed by atoms with E-state index in [1.54, 1.807) is 7.11 Å². The van der Waals surface area contributed by atoms with Gasteiger partial charge in [0.1, 0.15) is 0 Å². The molecule has 0 spiro atoms. The molecule has 32 heavy (non-hydrogen) atoms. The minimum Gasteiger partial charge on any atom is -0.544 e. The zero-order valence-electron chi connectivity index (χ0n) is 18.6. The van der Waals surface area contributed by atoms with E-state index in [0.717, 1.165) is 22.5 Å². The monoisotopic (exact) mass is 466 g/mol. The standard InChI is InChI=1S/C26H20O4S.K/c1-26(2,3)16-10-9-15-22(27)24-20(17-23(31-24)25(28)29)13-7-5-11-19-12-6-8-14-21(19)18-30-4;/h6,8,12,14,17H,18H2,1-4H3,(H,28,29);/q;+1/p-1. The summed E-state index contributed by atoms with van der Waals surface area (Å²) in [5.74, 6) is 19.6. The molecule has 0 aliphatic rings. The van der Waals surface area contributed by atoms with Gasteiger partial charge < -0.3 is 14.6 Å². The molecule has 1 aromatic carbocycles. The summed E-state index contributed by atoms with van der Waals surface area (Å²) in [7, 11) is 1.60. The minimum absolute atomic E-state index is 0. The molecule has 0 aliphatic carbocycles. The Labute approximate surface area is 235 Å². The molecular formula is C26H19KO4S. The number of Topliss-reactive ketones (excluding diaryl/α,β-unsaturated/α-hetero) is 1. The minimum atomic E-state index is -1.38. The average Bonchev–Trinajstić information content (AvgIpc) is 3.14. The van der Waals surface area contributed by atoms with Crippen LogP contribution in [-0.2, 0) is 11.3 Å². The Hall–Kier alpha value is -2.10. The van der Waals surface area contributed by atoms with Crippen LogP contribution in [0, 0.1) is 52.8 Å². The van der Waals surface area contributed by atoms with E-state index in [9.17, 15) is 14.7 Å². The Morgan fingerprint density at radius 1 is 1.03 bits per heavy atom. The van der Waals surface area contributed by atoms with Crippen molar-refractivity contribution in [2.45, 2.75) is 27.4 Å². The van der Waals surface area contributed by atoms with E-state index < -0.39 is 11.8 Å². The Bertz CT molecular complexity index is 1250. The van der Waals surface area contributed by atoms with Crippen LogP contribution < -0.4 is 56.5 Å². The summed E-state index contributed by atoms with van der Waals surface area (Å²) in [6, 6.07) is 8.81. The number of carbonyl (C=O) groups is 2. The van der Waals surface area contributed by atoms with Gasteiger partial charge in [0, 0.05) is 23.7 Å². The van der Waals surface area contributed by atoms with Crippen molar-refractivity contribution >= 4 is 23.1 Å². The number of carboxylic acids is 1. The quantitative estimate of drug-likeness (QED) is 0.273. The summed E-state index contributed by atoms with van der Waals surface area (Å²) >= 11 is 0.773. The number of hydrogen-bond donors (Lipinski definition) is 0. The number of rotatable bonds is 4. The van der Waals surface area contributed by atoms with Crippen LogP contribution in [-0.4, -0.2) is 18.9 Å².